The summed E-state index contributed by atoms with van der Waals surface area (Å²) in [7, 11) is 2.02. The van der Waals surface area contributed by atoms with Gasteiger partial charge in [0.2, 0.25) is 0 Å². The average molecular weight is 266 g/mol. The van der Waals surface area contributed by atoms with Gasteiger partial charge in [0, 0.05) is 6.54 Å². The number of benzene rings is 1. The van der Waals surface area contributed by atoms with E-state index >= 15 is 0 Å². The molecule has 19 heavy (non-hydrogen) atoms. The summed E-state index contributed by atoms with van der Waals surface area (Å²) in [5, 5.41) is 8.82. The number of aliphatic hydroxyl groups excluding tert-OH is 1. The van der Waals surface area contributed by atoms with Crippen LogP contribution in [-0.4, -0.2) is 42.9 Å². The lowest BCUT2D eigenvalue weighted by Crippen LogP contribution is -2.23. The molecule has 3 N–H and O–H groups in total. The largest absolute Gasteiger partial charge is 0.489 e. The molecule has 0 amide bonds. The Balaban J connectivity index is 2.45. The molecular formula is C15H26N2O2. The highest BCUT2D eigenvalue weighted by Gasteiger charge is 2.04. The zero-order valence-corrected chi connectivity index (χ0v) is 12.2. The summed E-state index contributed by atoms with van der Waals surface area (Å²) >= 11 is 0. The van der Waals surface area contributed by atoms with Gasteiger partial charge in [0.1, 0.15) is 5.75 Å². The lowest BCUT2D eigenvalue weighted by atomic mass is 10.1. The van der Waals surface area contributed by atoms with Gasteiger partial charge in [0.25, 0.3) is 0 Å². The Labute approximate surface area is 116 Å². The second kappa shape index (κ2) is 8.02. The standard InChI is InChI=1S/C15H26N2O2/c1-12(2)19-15-7-6-13(11-14(15)16)5-4-8-17(3)9-10-18/h6-7,11-12,18H,4-5,8-10,16H2,1-3H3. The van der Waals surface area contributed by atoms with E-state index in [0.717, 1.165) is 31.7 Å². The first kappa shape index (κ1) is 15.8. The van der Waals surface area contributed by atoms with Crippen molar-refractivity contribution in [3.05, 3.63) is 23.8 Å². The number of nitrogens with two attached hydrogens (primary N) is 1. The van der Waals surface area contributed by atoms with Crippen LogP contribution in [0.15, 0.2) is 18.2 Å². The smallest absolute Gasteiger partial charge is 0.142 e. The first-order chi connectivity index (χ1) is 9.02. The number of nitrogens with zero attached hydrogens (tertiary/aromatic N) is 1. The maximum absolute atomic E-state index is 8.82. The van der Waals surface area contributed by atoms with Crippen LogP contribution in [0.2, 0.25) is 0 Å². The molecule has 1 rings (SSSR count). The predicted octanol–water partition coefficient (Wildman–Crippen LogP) is 1.91. The molecule has 4 heteroatoms. The fraction of sp³-hybridized carbons (Fsp3) is 0.600. The molecule has 0 aliphatic rings. The van der Waals surface area contributed by atoms with E-state index in [1.54, 1.807) is 0 Å². The minimum atomic E-state index is 0.139. The molecule has 0 fully saturated rings. The maximum atomic E-state index is 8.82. The van der Waals surface area contributed by atoms with Gasteiger partial charge >= 0.3 is 0 Å². The zero-order chi connectivity index (χ0) is 14.3. The van der Waals surface area contributed by atoms with E-state index in [0.29, 0.717) is 5.69 Å². The van der Waals surface area contributed by atoms with E-state index in [1.807, 2.05) is 33.0 Å². The van der Waals surface area contributed by atoms with Crippen LogP contribution >= 0.6 is 0 Å². The number of anilines is 1. The quantitative estimate of drug-likeness (QED) is 0.706. The molecule has 1 aromatic rings. The molecule has 0 aliphatic heterocycles. The third-order valence-electron chi connectivity index (χ3n) is 2.92. The third kappa shape index (κ3) is 5.94. The number of rotatable bonds is 8. The van der Waals surface area contributed by atoms with Crippen LogP contribution in [0.3, 0.4) is 0 Å². The molecule has 0 spiro atoms. The minimum absolute atomic E-state index is 0.139. The Bertz CT molecular complexity index is 380. The summed E-state index contributed by atoms with van der Waals surface area (Å²) in [5.41, 5.74) is 7.91. The second-order valence-electron chi connectivity index (χ2n) is 5.17. The van der Waals surface area contributed by atoms with E-state index in [-0.39, 0.29) is 12.7 Å². The van der Waals surface area contributed by atoms with Crippen LogP contribution in [0.5, 0.6) is 5.75 Å². The fourth-order valence-electron chi connectivity index (χ4n) is 1.95. The summed E-state index contributed by atoms with van der Waals surface area (Å²) in [4.78, 5) is 2.12. The second-order valence-corrected chi connectivity index (χ2v) is 5.17. The molecule has 0 bridgehead atoms. The molecule has 0 unspecified atom stereocenters. The van der Waals surface area contributed by atoms with Crippen molar-refractivity contribution >= 4 is 5.69 Å². The molecule has 0 aromatic heterocycles. The van der Waals surface area contributed by atoms with E-state index in [9.17, 15) is 0 Å². The van der Waals surface area contributed by atoms with Crippen molar-refractivity contribution in [1.82, 2.24) is 4.90 Å². The van der Waals surface area contributed by atoms with Crippen LogP contribution < -0.4 is 10.5 Å². The van der Waals surface area contributed by atoms with Crippen molar-refractivity contribution in [2.45, 2.75) is 32.8 Å². The van der Waals surface area contributed by atoms with Gasteiger partial charge in [-0.15, -0.1) is 0 Å². The maximum Gasteiger partial charge on any atom is 0.142 e. The highest BCUT2D eigenvalue weighted by molar-refractivity contribution is 5.54. The number of likely N-dealkylation sites (N-methyl/N-ethyl adjacent to an activating group) is 1. The number of aliphatic hydroxyl groups is 1. The number of ether oxygens (including phenoxy) is 1. The lowest BCUT2D eigenvalue weighted by Gasteiger charge is -2.15. The molecule has 0 heterocycles. The van der Waals surface area contributed by atoms with E-state index in [1.165, 1.54) is 5.56 Å². The summed E-state index contributed by atoms with van der Waals surface area (Å²) in [6.07, 6.45) is 2.18. The van der Waals surface area contributed by atoms with Gasteiger partial charge in [0.15, 0.2) is 0 Å². The van der Waals surface area contributed by atoms with Crippen molar-refractivity contribution in [3.8, 4) is 5.75 Å². The summed E-state index contributed by atoms with van der Waals surface area (Å²) in [6.45, 7) is 5.90. The molecule has 4 nitrogen and oxygen atoms in total. The zero-order valence-electron chi connectivity index (χ0n) is 12.2. The monoisotopic (exact) mass is 266 g/mol. The van der Waals surface area contributed by atoms with E-state index in [2.05, 4.69) is 11.0 Å². The Morgan fingerprint density at radius 3 is 2.63 bits per heavy atom. The van der Waals surface area contributed by atoms with Crippen molar-refractivity contribution in [1.29, 1.82) is 0 Å². The van der Waals surface area contributed by atoms with Crippen LogP contribution in [-0.2, 0) is 6.42 Å². The van der Waals surface area contributed by atoms with E-state index in [4.69, 9.17) is 15.6 Å². The van der Waals surface area contributed by atoms with Crippen LogP contribution in [0.1, 0.15) is 25.8 Å². The highest BCUT2D eigenvalue weighted by atomic mass is 16.5. The summed E-state index contributed by atoms with van der Waals surface area (Å²) in [5.74, 6) is 0.760. The Morgan fingerprint density at radius 1 is 1.32 bits per heavy atom. The topological polar surface area (TPSA) is 58.7 Å². The van der Waals surface area contributed by atoms with Crippen molar-refractivity contribution in [3.63, 3.8) is 0 Å². The van der Waals surface area contributed by atoms with Gasteiger partial charge in [-0.25, -0.2) is 0 Å². The Hall–Kier alpha value is -1.26. The highest BCUT2D eigenvalue weighted by Crippen LogP contribution is 2.24. The third-order valence-corrected chi connectivity index (χ3v) is 2.92. The SMILES string of the molecule is CC(C)Oc1ccc(CCCN(C)CCO)cc1N. The first-order valence-electron chi connectivity index (χ1n) is 6.87. The normalized spacial score (nSPS) is 11.3. The number of aryl methyl sites for hydroxylation is 1. The van der Waals surface area contributed by atoms with Gasteiger partial charge in [-0.2, -0.15) is 0 Å². The van der Waals surface area contributed by atoms with Crippen molar-refractivity contribution in [2.24, 2.45) is 0 Å². The Kier molecular flexibility index (Phi) is 6.67. The fourth-order valence-corrected chi connectivity index (χ4v) is 1.95. The van der Waals surface area contributed by atoms with Gasteiger partial charge in [0.05, 0.1) is 18.4 Å². The van der Waals surface area contributed by atoms with Crippen molar-refractivity contribution in [2.75, 3.05) is 32.5 Å². The predicted molar refractivity (Wildman–Crippen MR) is 79.5 cm³/mol. The molecule has 0 aliphatic carbocycles. The van der Waals surface area contributed by atoms with E-state index < -0.39 is 0 Å². The molecule has 1 aromatic carbocycles. The molecule has 0 saturated carbocycles. The first-order valence-corrected chi connectivity index (χ1v) is 6.87. The average Bonchev–Trinajstić information content (AvgIpc) is 2.32. The molecule has 108 valence electrons. The number of hydrogen-bond acceptors (Lipinski definition) is 4. The van der Waals surface area contributed by atoms with Gasteiger partial charge in [-0.3, -0.25) is 0 Å². The van der Waals surface area contributed by atoms with Gasteiger partial charge < -0.3 is 20.5 Å². The van der Waals surface area contributed by atoms with Crippen LogP contribution in [0.25, 0.3) is 0 Å². The number of hydrogen-bond donors (Lipinski definition) is 2. The van der Waals surface area contributed by atoms with Crippen molar-refractivity contribution < 1.29 is 9.84 Å². The van der Waals surface area contributed by atoms with Crippen LogP contribution in [0, 0.1) is 0 Å². The van der Waals surface area contributed by atoms with Crippen LogP contribution in [0.4, 0.5) is 5.69 Å². The number of nitrogen functional groups attached to an aromatic ring is 1. The van der Waals surface area contributed by atoms with Gasteiger partial charge in [-0.05, 0) is 58.0 Å². The summed E-state index contributed by atoms with van der Waals surface area (Å²) < 4.78 is 5.61. The summed E-state index contributed by atoms with van der Waals surface area (Å²) in [6, 6.07) is 6.01. The van der Waals surface area contributed by atoms with Gasteiger partial charge in [-0.1, -0.05) is 6.07 Å². The minimum Gasteiger partial charge on any atom is -0.489 e. The lowest BCUT2D eigenvalue weighted by molar-refractivity contribution is 0.220. The molecular weight excluding hydrogens is 240 g/mol. The molecule has 0 saturated heterocycles. The molecule has 0 radical (unpaired) electrons. The molecule has 0 atom stereocenters. The Morgan fingerprint density at radius 2 is 2.05 bits per heavy atom.